The number of piperidine rings is 1. The Bertz CT molecular complexity index is 226. The van der Waals surface area contributed by atoms with Gasteiger partial charge in [0, 0.05) is 12.6 Å². The Morgan fingerprint density at radius 1 is 1.12 bits per heavy atom. The van der Waals surface area contributed by atoms with E-state index in [2.05, 4.69) is 23.9 Å². The van der Waals surface area contributed by atoms with Crippen molar-refractivity contribution in [2.45, 2.75) is 50.7 Å². The van der Waals surface area contributed by atoms with Crippen molar-refractivity contribution in [1.82, 2.24) is 9.80 Å². The second kappa shape index (κ2) is 6.17. The average molecular weight is 240 g/mol. The lowest BCUT2D eigenvalue weighted by atomic mass is 9.90. The fourth-order valence-electron chi connectivity index (χ4n) is 3.39. The molecule has 3 nitrogen and oxygen atoms in total. The van der Waals surface area contributed by atoms with Gasteiger partial charge in [0.05, 0.1) is 6.10 Å². The fraction of sp³-hybridized carbons (Fsp3) is 1.00. The van der Waals surface area contributed by atoms with Gasteiger partial charge in [-0.05, 0) is 58.8 Å². The highest BCUT2D eigenvalue weighted by molar-refractivity contribution is 4.83. The predicted octanol–water partition coefficient (Wildman–Crippen LogP) is 1.56. The van der Waals surface area contributed by atoms with E-state index in [9.17, 15) is 5.11 Å². The minimum absolute atomic E-state index is 0.0833. The molecule has 0 amide bonds. The van der Waals surface area contributed by atoms with Crippen LogP contribution in [0.2, 0.25) is 0 Å². The molecule has 1 N–H and O–H groups in total. The zero-order valence-electron chi connectivity index (χ0n) is 11.4. The Morgan fingerprint density at radius 3 is 2.41 bits per heavy atom. The third-order valence-corrected chi connectivity index (χ3v) is 4.64. The van der Waals surface area contributed by atoms with Crippen LogP contribution in [0, 0.1) is 5.92 Å². The maximum absolute atomic E-state index is 10.1. The zero-order chi connectivity index (χ0) is 12.3. The summed E-state index contributed by atoms with van der Waals surface area (Å²) in [6.07, 6.45) is 7.25. The molecule has 0 aromatic heterocycles. The first-order valence-electron chi connectivity index (χ1n) is 7.23. The largest absolute Gasteiger partial charge is 0.391 e. The molecule has 1 aliphatic heterocycles. The minimum Gasteiger partial charge on any atom is -0.391 e. The third-order valence-electron chi connectivity index (χ3n) is 4.64. The summed E-state index contributed by atoms with van der Waals surface area (Å²) in [6, 6.07) is 0.420. The van der Waals surface area contributed by atoms with Crippen LogP contribution in [0.15, 0.2) is 0 Å². The molecule has 1 heterocycles. The normalized spacial score (nSPS) is 33.2. The van der Waals surface area contributed by atoms with Crippen LogP contribution in [-0.4, -0.2) is 60.8 Å². The summed E-state index contributed by atoms with van der Waals surface area (Å²) < 4.78 is 0. The molecule has 0 aromatic carbocycles. The Hall–Kier alpha value is -0.120. The lowest BCUT2D eigenvalue weighted by Crippen LogP contribution is -2.46. The van der Waals surface area contributed by atoms with E-state index in [-0.39, 0.29) is 6.10 Å². The van der Waals surface area contributed by atoms with Gasteiger partial charge in [0.1, 0.15) is 0 Å². The Balaban J connectivity index is 1.77. The van der Waals surface area contributed by atoms with Gasteiger partial charge in [0.25, 0.3) is 0 Å². The van der Waals surface area contributed by atoms with E-state index in [0.29, 0.717) is 6.04 Å². The van der Waals surface area contributed by atoms with Crippen molar-refractivity contribution in [3.05, 3.63) is 0 Å². The van der Waals surface area contributed by atoms with Crippen LogP contribution in [0.25, 0.3) is 0 Å². The molecular weight excluding hydrogens is 212 g/mol. The second-order valence-corrected chi connectivity index (χ2v) is 6.11. The molecule has 0 bridgehead atoms. The second-order valence-electron chi connectivity index (χ2n) is 6.11. The van der Waals surface area contributed by atoms with E-state index in [4.69, 9.17) is 0 Å². The van der Waals surface area contributed by atoms with Crippen LogP contribution in [0.3, 0.4) is 0 Å². The van der Waals surface area contributed by atoms with Crippen LogP contribution >= 0.6 is 0 Å². The summed E-state index contributed by atoms with van der Waals surface area (Å²) in [6.45, 7) is 3.66. The van der Waals surface area contributed by atoms with Gasteiger partial charge < -0.3 is 14.9 Å². The molecule has 17 heavy (non-hydrogen) atoms. The molecule has 1 aliphatic carbocycles. The van der Waals surface area contributed by atoms with Gasteiger partial charge in [-0.2, -0.15) is 0 Å². The molecule has 2 rings (SSSR count). The number of aliphatic hydroxyl groups is 1. The maximum Gasteiger partial charge on any atom is 0.0695 e. The molecule has 1 saturated heterocycles. The van der Waals surface area contributed by atoms with Gasteiger partial charge in [0.2, 0.25) is 0 Å². The number of likely N-dealkylation sites (tertiary alicyclic amines) is 1. The Kier molecular flexibility index (Phi) is 4.83. The van der Waals surface area contributed by atoms with Crippen LogP contribution in [0.5, 0.6) is 0 Å². The first-order valence-corrected chi connectivity index (χ1v) is 7.23. The lowest BCUT2D eigenvalue weighted by molar-refractivity contribution is 0.0210. The molecule has 1 saturated carbocycles. The summed E-state index contributed by atoms with van der Waals surface area (Å²) >= 11 is 0. The van der Waals surface area contributed by atoms with E-state index in [1.165, 1.54) is 51.7 Å². The average Bonchev–Trinajstić information content (AvgIpc) is 2.32. The SMILES string of the molecule is CN1CCC(CN(C)[C@H]2CCCC[C@@H]2O)CC1. The monoisotopic (exact) mass is 240 g/mol. The fourth-order valence-corrected chi connectivity index (χ4v) is 3.39. The number of hydrogen-bond acceptors (Lipinski definition) is 3. The Labute approximate surface area is 106 Å². The van der Waals surface area contributed by atoms with Crippen molar-refractivity contribution >= 4 is 0 Å². The highest BCUT2D eigenvalue weighted by atomic mass is 16.3. The van der Waals surface area contributed by atoms with Crippen molar-refractivity contribution in [3.8, 4) is 0 Å². The smallest absolute Gasteiger partial charge is 0.0695 e. The number of likely N-dealkylation sites (N-methyl/N-ethyl adjacent to an activating group) is 1. The van der Waals surface area contributed by atoms with E-state index in [1.807, 2.05) is 0 Å². The maximum atomic E-state index is 10.1. The quantitative estimate of drug-likeness (QED) is 0.811. The van der Waals surface area contributed by atoms with Gasteiger partial charge in [-0.1, -0.05) is 12.8 Å². The van der Waals surface area contributed by atoms with Crippen LogP contribution in [0.4, 0.5) is 0 Å². The highest BCUT2D eigenvalue weighted by Crippen LogP contribution is 2.25. The van der Waals surface area contributed by atoms with Crippen molar-refractivity contribution in [2.75, 3.05) is 33.7 Å². The first-order chi connectivity index (χ1) is 8.16. The van der Waals surface area contributed by atoms with E-state index in [0.717, 1.165) is 12.3 Å². The molecule has 3 heteroatoms. The first kappa shape index (κ1) is 13.3. The number of aliphatic hydroxyl groups excluding tert-OH is 1. The number of nitrogens with zero attached hydrogens (tertiary/aromatic N) is 2. The van der Waals surface area contributed by atoms with E-state index < -0.39 is 0 Å². The van der Waals surface area contributed by atoms with Gasteiger partial charge in [0.15, 0.2) is 0 Å². The summed E-state index contributed by atoms with van der Waals surface area (Å²) in [4.78, 5) is 4.85. The van der Waals surface area contributed by atoms with Crippen molar-refractivity contribution < 1.29 is 5.11 Å². The topological polar surface area (TPSA) is 26.7 Å². The van der Waals surface area contributed by atoms with Crippen molar-refractivity contribution in [2.24, 2.45) is 5.92 Å². The van der Waals surface area contributed by atoms with Gasteiger partial charge >= 0.3 is 0 Å². The predicted molar refractivity (Wildman–Crippen MR) is 71.1 cm³/mol. The van der Waals surface area contributed by atoms with Crippen LogP contribution in [0.1, 0.15) is 38.5 Å². The highest BCUT2D eigenvalue weighted by Gasteiger charge is 2.28. The van der Waals surface area contributed by atoms with Crippen LogP contribution in [-0.2, 0) is 0 Å². The molecule has 0 radical (unpaired) electrons. The Morgan fingerprint density at radius 2 is 1.76 bits per heavy atom. The summed E-state index contributed by atoms with van der Waals surface area (Å²) in [5, 5.41) is 10.1. The molecule has 0 spiro atoms. The molecule has 2 aliphatic rings. The summed E-state index contributed by atoms with van der Waals surface area (Å²) in [5.41, 5.74) is 0. The third kappa shape index (κ3) is 3.67. The molecular formula is C14H28N2O. The van der Waals surface area contributed by atoms with E-state index in [1.54, 1.807) is 0 Å². The number of hydrogen-bond donors (Lipinski definition) is 1. The summed E-state index contributed by atoms with van der Waals surface area (Å²) in [5.74, 6) is 0.838. The molecule has 0 aromatic rings. The van der Waals surface area contributed by atoms with Gasteiger partial charge in [-0.3, -0.25) is 0 Å². The minimum atomic E-state index is -0.0833. The molecule has 2 fully saturated rings. The number of rotatable bonds is 3. The van der Waals surface area contributed by atoms with E-state index >= 15 is 0 Å². The van der Waals surface area contributed by atoms with Gasteiger partial charge in [-0.25, -0.2) is 0 Å². The van der Waals surface area contributed by atoms with Crippen LogP contribution < -0.4 is 0 Å². The summed E-state index contributed by atoms with van der Waals surface area (Å²) in [7, 11) is 4.42. The van der Waals surface area contributed by atoms with Gasteiger partial charge in [-0.15, -0.1) is 0 Å². The zero-order valence-corrected chi connectivity index (χ0v) is 11.4. The lowest BCUT2D eigenvalue weighted by Gasteiger charge is -2.38. The molecule has 0 unspecified atom stereocenters. The molecule has 100 valence electrons. The van der Waals surface area contributed by atoms with Crippen molar-refractivity contribution in [1.29, 1.82) is 0 Å². The van der Waals surface area contributed by atoms with Crippen molar-refractivity contribution in [3.63, 3.8) is 0 Å². The standard InChI is InChI=1S/C14H28N2O/c1-15-9-7-12(8-10-15)11-16(2)13-5-3-4-6-14(13)17/h12-14,17H,3-11H2,1-2H3/t13-,14-/m0/s1. The molecule has 2 atom stereocenters.